The highest BCUT2D eigenvalue weighted by Gasteiger charge is 2.29. The van der Waals surface area contributed by atoms with Crippen molar-refractivity contribution < 1.29 is 8.42 Å². The maximum Gasteiger partial charge on any atom is 0.269 e. The Kier molecular flexibility index (Phi) is 3.47. The lowest BCUT2D eigenvalue weighted by Crippen LogP contribution is -2.28. The highest BCUT2D eigenvalue weighted by atomic mass is 32.2. The molecule has 0 aliphatic heterocycles. The predicted octanol–water partition coefficient (Wildman–Crippen LogP) is 1.44. The Balaban J connectivity index is 2.59. The van der Waals surface area contributed by atoms with Gasteiger partial charge in [0.05, 0.1) is 11.4 Å². The van der Waals surface area contributed by atoms with E-state index in [1.54, 1.807) is 26.1 Å². The Hall–Kier alpha value is -2.02. The number of nitrogen functional groups attached to an aromatic ring is 1. The molecule has 0 radical (unpaired) electrons. The predicted molar refractivity (Wildman–Crippen MR) is 79.1 cm³/mol. The molecule has 6 nitrogen and oxygen atoms in total. The van der Waals surface area contributed by atoms with Gasteiger partial charge in [0.15, 0.2) is 10.7 Å². The number of nitrogens with two attached hydrogens (primary N) is 1. The zero-order valence-electron chi connectivity index (χ0n) is 12.0. The Bertz CT molecular complexity index is 750. The van der Waals surface area contributed by atoms with E-state index in [0.717, 1.165) is 5.56 Å². The molecule has 0 saturated carbocycles. The number of nitrogens with zero attached hydrogens (tertiary/aromatic N) is 3. The van der Waals surface area contributed by atoms with Crippen LogP contribution in [0.1, 0.15) is 11.3 Å². The minimum absolute atomic E-state index is 0.0189. The van der Waals surface area contributed by atoms with E-state index in [0.29, 0.717) is 11.4 Å². The third-order valence-corrected chi connectivity index (χ3v) is 5.32. The standard InChI is InChI=1S/C13H18N4O2S/c1-9-7-5-6-8-11(9)17(4)20(18,19)12-10(2)16(3)15-13(12)14/h5-8H,1-4H3,(H2,14,15). The minimum Gasteiger partial charge on any atom is -0.381 e. The van der Waals surface area contributed by atoms with E-state index in [9.17, 15) is 8.42 Å². The number of hydrogen-bond acceptors (Lipinski definition) is 4. The van der Waals surface area contributed by atoms with Crippen LogP contribution in [0.5, 0.6) is 0 Å². The van der Waals surface area contributed by atoms with E-state index in [1.807, 2.05) is 19.1 Å². The van der Waals surface area contributed by atoms with E-state index in [4.69, 9.17) is 5.73 Å². The third kappa shape index (κ3) is 2.14. The van der Waals surface area contributed by atoms with Gasteiger partial charge in [0.1, 0.15) is 0 Å². The quantitative estimate of drug-likeness (QED) is 0.929. The van der Waals surface area contributed by atoms with Crippen LogP contribution in [-0.4, -0.2) is 25.2 Å². The average Bonchev–Trinajstić information content (AvgIpc) is 2.63. The highest BCUT2D eigenvalue weighted by molar-refractivity contribution is 7.93. The zero-order chi connectivity index (χ0) is 15.1. The molecule has 0 amide bonds. The fraction of sp³-hybridized carbons (Fsp3) is 0.308. The van der Waals surface area contributed by atoms with E-state index in [1.165, 1.54) is 16.0 Å². The molecule has 1 aromatic carbocycles. The molecule has 0 fully saturated rings. The Labute approximate surface area is 118 Å². The van der Waals surface area contributed by atoms with Gasteiger partial charge in [0, 0.05) is 14.1 Å². The molecular weight excluding hydrogens is 276 g/mol. The molecule has 7 heteroatoms. The second kappa shape index (κ2) is 4.82. The number of aryl methyl sites for hydroxylation is 2. The number of rotatable bonds is 3. The van der Waals surface area contributed by atoms with Gasteiger partial charge in [-0.2, -0.15) is 5.10 Å². The van der Waals surface area contributed by atoms with Crippen LogP contribution >= 0.6 is 0 Å². The van der Waals surface area contributed by atoms with E-state index < -0.39 is 10.0 Å². The van der Waals surface area contributed by atoms with E-state index in [2.05, 4.69) is 5.10 Å². The molecule has 2 N–H and O–H groups in total. The molecule has 0 unspecified atom stereocenters. The molecule has 0 aliphatic carbocycles. The van der Waals surface area contributed by atoms with Crippen molar-refractivity contribution >= 4 is 21.5 Å². The summed E-state index contributed by atoms with van der Waals surface area (Å²) in [5.41, 5.74) is 7.76. The fourth-order valence-corrected chi connectivity index (χ4v) is 3.66. The second-order valence-electron chi connectivity index (χ2n) is 4.68. The van der Waals surface area contributed by atoms with Crippen molar-refractivity contribution in [2.45, 2.75) is 18.7 Å². The lowest BCUT2D eigenvalue weighted by atomic mass is 10.2. The molecule has 108 valence electrons. The van der Waals surface area contributed by atoms with Gasteiger partial charge in [-0.1, -0.05) is 18.2 Å². The smallest absolute Gasteiger partial charge is 0.269 e. The minimum atomic E-state index is -3.73. The summed E-state index contributed by atoms with van der Waals surface area (Å²) in [6.07, 6.45) is 0. The van der Waals surface area contributed by atoms with Crippen LogP contribution in [0.3, 0.4) is 0 Å². The number of anilines is 2. The molecule has 0 spiro atoms. The molecule has 0 aliphatic rings. The summed E-state index contributed by atoms with van der Waals surface area (Å²) in [6, 6.07) is 7.28. The van der Waals surface area contributed by atoms with Gasteiger partial charge in [-0.25, -0.2) is 8.42 Å². The number of hydrogen-bond donors (Lipinski definition) is 1. The van der Waals surface area contributed by atoms with Crippen LogP contribution in [0.25, 0.3) is 0 Å². The van der Waals surface area contributed by atoms with Crippen molar-refractivity contribution in [1.29, 1.82) is 0 Å². The zero-order valence-corrected chi connectivity index (χ0v) is 12.8. The van der Waals surface area contributed by atoms with Gasteiger partial charge in [0.25, 0.3) is 10.0 Å². The van der Waals surface area contributed by atoms with Crippen molar-refractivity contribution in [3.63, 3.8) is 0 Å². The summed E-state index contributed by atoms with van der Waals surface area (Å²) in [5.74, 6) is 0.0189. The summed E-state index contributed by atoms with van der Waals surface area (Å²) in [6.45, 7) is 3.54. The topological polar surface area (TPSA) is 81.2 Å². The fourth-order valence-electron chi connectivity index (χ4n) is 2.12. The highest BCUT2D eigenvalue weighted by Crippen LogP contribution is 2.29. The largest absolute Gasteiger partial charge is 0.381 e. The maximum atomic E-state index is 12.7. The van der Waals surface area contributed by atoms with Crippen molar-refractivity contribution in [3.8, 4) is 0 Å². The van der Waals surface area contributed by atoms with Crippen molar-refractivity contribution in [3.05, 3.63) is 35.5 Å². The van der Waals surface area contributed by atoms with Crippen molar-refractivity contribution in [2.75, 3.05) is 17.1 Å². The average molecular weight is 294 g/mol. The Morgan fingerprint density at radius 3 is 2.35 bits per heavy atom. The maximum absolute atomic E-state index is 12.7. The van der Waals surface area contributed by atoms with Crippen molar-refractivity contribution in [2.24, 2.45) is 7.05 Å². The normalized spacial score (nSPS) is 11.6. The van der Waals surface area contributed by atoms with Crippen LogP contribution in [0.4, 0.5) is 11.5 Å². The first-order valence-electron chi connectivity index (χ1n) is 6.10. The first kappa shape index (κ1) is 14.4. The molecule has 20 heavy (non-hydrogen) atoms. The number of para-hydroxylation sites is 1. The van der Waals surface area contributed by atoms with Crippen LogP contribution in [-0.2, 0) is 17.1 Å². The van der Waals surface area contributed by atoms with Crippen LogP contribution in [0.15, 0.2) is 29.2 Å². The molecule has 0 atom stereocenters. The molecule has 1 aromatic heterocycles. The van der Waals surface area contributed by atoms with Crippen molar-refractivity contribution in [1.82, 2.24) is 9.78 Å². The molecule has 2 rings (SSSR count). The van der Waals surface area contributed by atoms with Gasteiger partial charge < -0.3 is 5.73 Å². The van der Waals surface area contributed by atoms with Gasteiger partial charge >= 0.3 is 0 Å². The SMILES string of the molecule is Cc1ccccc1N(C)S(=O)(=O)c1c(N)nn(C)c1C. The summed E-state index contributed by atoms with van der Waals surface area (Å²) < 4.78 is 28.2. The first-order chi connectivity index (χ1) is 9.26. The summed E-state index contributed by atoms with van der Waals surface area (Å²) in [4.78, 5) is 0.0609. The van der Waals surface area contributed by atoms with Crippen LogP contribution < -0.4 is 10.0 Å². The van der Waals surface area contributed by atoms with Gasteiger partial charge in [0.2, 0.25) is 0 Å². The lowest BCUT2D eigenvalue weighted by molar-refractivity contribution is 0.593. The number of sulfonamides is 1. The van der Waals surface area contributed by atoms with Gasteiger partial charge in [-0.3, -0.25) is 8.99 Å². The summed E-state index contributed by atoms with van der Waals surface area (Å²) >= 11 is 0. The second-order valence-corrected chi connectivity index (χ2v) is 6.59. The Morgan fingerprint density at radius 2 is 1.85 bits per heavy atom. The lowest BCUT2D eigenvalue weighted by Gasteiger charge is -2.21. The monoisotopic (exact) mass is 294 g/mol. The van der Waals surface area contributed by atoms with Gasteiger partial charge in [-0.15, -0.1) is 0 Å². The number of benzene rings is 1. The summed E-state index contributed by atoms with van der Waals surface area (Å²) in [7, 11) is -0.547. The van der Waals surface area contributed by atoms with E-state index in [-0.39, 0.29) is 10.7 Å². The first-order valence-corrected chi connectivity index (χ1v) is 7.54. The summed E-state index contributed by atoms with van der Waals surface area (Å²) in [5, 5.41) is 3.96. The van der Waals surface area contributed by atoms with E-state index >= 15 is 0 Å². The molecule has 0 saturated heterocycles. The van der Waals surface area contributed by atoms with Crippen LogP contribution in [0, 0.1) is 13.8 Å². The third-order valence-electron chi connectivity index (χ3n) is 3.38. The number of aromatic nitrogens is 2. The molecule has 2 aromatic rings. The molecule has 0 bridgehead atoms. The van der Waals surface area contributed by atoms with Gasteiger partial charge in [-0.05, 0) is 25.5 Å². The Morgan fingerprint density at radius 1 is 1.25 bits per heavy atom. The molecule has 1 heterocycles. The molecular formula is C13H18N4O2S. The van der Waals surface area contributed by atoms with Crippen LogP contribution in [0.2, 0.25) is 0 Å².